The van der Waals surface area contributed by atoms with Gasteiger partial charge in [-0.2, -0.15) is 5.10 Å². The fourth-order valence-electron chi connectivity index (χ4n) is 1.43. The van der Waals surface area contributed by atoms with Gasteiger partial charge in [0.05, 0.1) is 11.9 Å². The normalized spacial score (nSPS) is 10.4. The summed E-state index contributed by atoms with van der Waals surface area (Å²) in [6.45, 7) is 2.16. The fourth-order valence-corrected chi connectivity index (χ4v) is 1.43. The molecule has 0 fully saturated rings. The van der Waals surface area contributed by atoms with Crippen LogP contribution in [0.1, 0.15) is 19.0 Å². The first kappa shape index (κ1) is 8.94. The van der Waals surface area contributed by atoms with Gasteiger partial charge in [-0.25, -0.2) is 0 Å². The monoisotopic (exact) mass is 187 g/mol. The molecule has 0 atom stereocenters. The Hall–Kier alpha value is -1.64. The molecular weight excluding hydrogens is 174 g/mol. The third kappa shape index (κ3) is 1.82. The highest BCUT2D eigenvalue weighted by atomic mass is 15.1. The molecule has 0 aliphatic heterocycles. The first-order valence-corrected chi connectivity index (χ1v) is 4.85. The van der Waals surface area contributed by atoms with Crippen molar-refractivity contribution in [2.24, 2.45) is 0 Å². The van der Waals surface area contributed by atoms with Gasteiger partial charge in [-0.15, -0.1) is 0 Å². The SMILES string of the molecule is CCCc1cccc(-c2cn[nH]c2)n1. The van der Waals surface area contributed by atoms with E-state index in [4.69, 9.17) is 0 Å². The molecule has 0 aliphatic rings. The minimum atomic E-state index is 0.990. The summed E-state index contributed by atoms with van der Waals surface area (Å²) in [5.41, 5.74) is 3.18. The van der Waals surface area contributed by atoms with E-state index in [0.717, 1.165) is 29.8 Å². The van der Waals surface area contributed by atoms with Gasteiger partial charge in [0.15, 0.2) is 0 Å². The number of nitrogens with one attached hydrogen (secondary N) is 1. The summed E-state index contributed by atoms with van der Waals surface area (Å²) in [5, 5.41) is 6.70. The molecule has 1 N–H and O–H groups in total. The zero-order valence-corrected chi connectivity index (χ0v) is 8.20. The van der Waals surface area contributed by atoms with Crippen LogP contribution in [-0.2, 0) is 6.42 Å². The summed E-state index contributed by atoms with van der Waals surface area (Å²) in [6.07, 6.45) is 5.81. The molecule has 0 spiro atoms. The summed E-state index contributed by atoms with van der Waals surface area (Å²) in [4.78, 5) is 4.54. The second kappa shape index (κ2) is 4.05. The van der Waals surface area contributed by atoms with Crippen LogP contribution >= 0.6 is 0 Å². The van der Waals surface area contributed by atoms with E-state index in [1.165, 1.54) is 0 Å². The van der Waals surface area contributed by atoms with Crippen LogP contribution < -0.4 is 0 Å². The Morgan fingerprint density at radius 2 is 2.29 bits per heavy atom. The molecule has 2 heterocycles. The lowest BCUT2D eigenvalue weighted by molar-refractivity contribution is 0.884. The highest BCUT2D eigenvalue weighted by Gasteiger charge is 2.00. The highest BCUT2D eigenvalue weighted by Crippen LogP contribution is 2.15. The van der Waals surface area contributed by atoms with E-state index in [9.17, 15) is 0 Å². The van der Waals surface area contributed by atoms with Gasteiger partial charge in [0.25, 0.3) is 0 Å². The molecule has 0 bridgehead atoms. The van der Waals surface area contributed by atoms with Gasteiger partial charge in [-0.3, -0.25) is 10.1 Å². The van der Waals surface area contributed by atoms with Crippen LogP contribution in [0.15, 0.2) is 30.6 Å². The number of aromatic nitrogens is 3. The Kier molecular flexibility index (Phi) is 2.58. The zero-order chi connectivity index (χ0) is 9.80. The lowest BCUT2D eigenvalue weighted by atomic mass is 10.2. The first-order valence-electron chi connectivity index (χ1n) is 4.85. The Labute approximate surface area is 83.2 Å². The predicted octanol–water partition coefficient (Wildman–Crippen LogP) is 2.42. The number of hydrogen-bond acceptors (Lipinski definition) is 2. The van der Waals surface area contributed by atoms with Crippen molar-refractivity contribution in [2.75, 3.05) is 0 Å². The second-order valence-electron chi connectivity index (χ2n) is 3.25. The van der Waals surface area contributed by atoms with E-state index < -0.39 is 0 Å². The lowest BCUT2D eigenvalue weighted by Gasteiger charge is -2.00. The van der Waals surface area contributed by atoms with Gasteiger partial charge >= 0.3 is 0 Å². The molecule has 0 aliphatic carbocycles. The Morgan fingerprint density at radius 1 is 1.36 bits per heavy atom. The molecule has 0 radical (unpaired) electrons. The summed E-state index contributed by atoms with van der Waals surface area (Å²) in [6, 6.07) is 6.11. The van der Waals surface area contributed by atoms with Gasteiger partial charge in [0.2, 0.25) is 0 Å². The number of aromatic amines is 1. The standard InChI is InChI=1S/C11H13N3/c1-2-4-10-5-3-6-11(14-10)9-7-12-13-8-9/h3,5-8H,2,4H2,1H3,(H,12,13). The molecule has 2 rings (SSSR count). The van der Waals surface area contributed by atoms with Crippen molar-refractivity contribution in [3.05, 3.63) is 36.3 Å². The van der Waals surface area contributed by atoms with Crippen LogP contribution in [0.4, 0.5) is 0 Å². The molecule has 2 aromatic rings. The van der Waals surface area contributed by atoms with E-state index in [1.54, 1.807) is 6.20 Å². The van der Waals surface area contributed by atoms with Gasteiger partial charge in [0.1, 0.15) is 0 Å². The molecule has 2 aromatic heterocycles. The van der Waals surface area contributed by atoms with Gasteiger partial charge in [0, 0.05) is 17.5 Å². The van der Waals surface area contributed by atoms with Crippen molar-refractivity contribution in [1.82, 2.24) is 15.2 Å². The smallest absolute Gasteiger partial charge is 0.0736 e. The summed E-state index contributed by atoms with van der Waals surface area (Å²) in [7, 11) is 0. The van der Waals surface area contributed by atoms with Crippen molar-refractivity contribution in [2.45, 2.75) is 19.8 Å². The highest BCUT2D eigenvalue weighted by molar-refractivity contribution is 5.56. The molecule has 3 heteroatoms. The van der Waals surface area contributed by atoms with Crippen molar-refractivity contribution in [1.29, 1.82) is 0 Å². The Bertz CT molecular complexity index is 393. The van der Waals surface area contributed by atoms with Crippen LogP contribution in [0.25, 0.3) is 11.3 Å². The molecule has 0 aromatic carbocycles. The average molecular weight is 187 g/mol. The maximum Gasteiger partial charge on any atom is 0.0736 e. The van der Waals surface area contributed by atoms with Gasteiger partial charge in [-0.1, -0.05) is 19.4 Å². The summed E-state index contributed by atoms with van der Waals surface area (Å²) < 4.78 is 0. The van der Waals surface area contributed by atoms with E-state index in [2.05, 4.69) is 28.2 Å². The van der Waals surface area contributed by atoms with Crippen LogP contribution in [0, 0.1) is 0 Å². The summed E-state index contributed by atoms with van der Waals surface area (Å²) in [5.74, 6) is 0. The maximum atomic E-state index is 4.54. The van der Waals surface area contributed by atoms with Crippen molar-refractivity contribution in [3.63, 3.8) is 0 Å². The lowest BCUT2D eigenvalue weighted by Crippen LogP contribution is -1.90. The van der Waals surface area contributed by atoms with Crippen molar-refractivity contribution >= 4 is 0 Å². The second-order valence-corrected chi connectivity index (χ2v) is 3.25. The third-order valence-corrected chi connectivity index (χ3v) is 2.11. The quantitative estimate of drug-likeness (QED) is 0.801. The van der Waals surface area contributed by atoms with E-state index >= 15 is 0 Å². The van der Waals surface area contributed by atoms with Crippen LogP contribution in [-0.4, -0.2) is 15.2 Å². The van der Waals surface area contributed by atoms with Crippen LogP contribution in [0.3, 0.4) is 0 Å². The predicted molar refractivity (Wildman–Crippen MR) is 55.8 cm³/mol. The van der Waals surface area contributed by atoms with Gasteiger partial charge in [-0.05, 0) is 18.6 Å². The van der Waals surface area contributed by atoms with Crippen LogP contribution in [0.5, 0.6) is 0 Å². The number of H-pyrrole nitrogens is 1. The Balaban J connectivity index is 2.31. The molecule has 14 heavy (non-hydrogen) atoms. The molecule has 3 nitrogen and oxygen atoms in total. The average Bonchev–Trinajstić information content (AvgIpc) is 2.71. The first-order chi connectivity index (χ1) is 6.90. The number of pyridine rings is 1. The number of rotatable bonds is 3. The minimum Gasteiger partial charge on any atom is -0.285 e. The number of aryl methyl sites for hydroxylation is 1. The minimum absolute atomic E-state index is 0.990. The fraction of sp³-hybridized carbons (Fsp3) is 0.273. The van der Waals surface area contributed by atoms with Crippen molar-refractivity contribution < 1.29 is 0 Å². The maximum absolute atomic E-state index is 4.54. The molecule has 0 saturated heterocycles. The van der Waals surface area contributed by atoms with E-state index in [-0.39, 0.29) is 0 Å². The third-order valence-electron chi connectivity index (χ3n) is 2.11. The number of hydrogen-bond donors (Lipinski definition) is 1. The largest absolute Gasteiger partial charge is 0.285 e. The molecule has 72 valence electrons. The van der Waals surface area contributed by atoms with E-state index in [1.807, 2.05) is 18.3 Å². The molecule has 0 saturated carbocycles. The molecule has 0 amide bonds. The number of nitrogens with zero attached hydrogens (tertiary/aromatic N) is 2. The van der Waals surface area contributed by atoms with Crippen molar-refractivity contribution in [3.8, 4) is 11.3 Å². The zero-order valence-electron chi connectivity index (χ0n) is 8.20. The molecule has 0 unspecified atom stereocenters. The topological polar surface area (TPSA) is 41.6 Å². The van der Waals surface area contributed by atoms with Gasteiger partial charge < -0.3 is 0 Å². The van der Waals surface area contributed by atoms with Crippen LogP contribution in [0.2, 0.25) is 0 Å². The molecular formula is C11H13N3. The van der Waals surface area contributed by atoms with E-state index in [0.29, 0.717) is 0 Å². The Morgan fingerprint density at radius 3 is 3.00 bits per heavy atom. The summed E-state index contributed by atoms with van der Waals surface area (Å²) >= 11 is 0.